The highest BCUT2D eigenvalue weighted by Crippen LogP contribution is 2.20. The van der Waals surface area contributed by atoms with E-state index in [1.54, 1.807) is 19.9 Å². The van der Waals surface area contributed by atoms with Crippen molar-refractivity contribution in [3.05, 3.63) is 58.9 Å². The molecule has 1 amide bonds. The van der Waals surface area contributed by atoms with Gasteiger partial charge >= 0.3 is 0 Å². The van der Waals surface area contributed by atoms with Crippen molar-refractivity contribution in [2.75, 3.05) is 11.6 Å². The Balaban J connectivity index is 2.37. The fraction of sp³-hybridized carbons (Fsp3) is 0.188. The molecule has 0 aliphatic rings. The van der Waals surface area contributed by atoms with E-state index in [4.69, 9.17) is 0 Å². The van der Waals surface area contributed by atoms with Crippen LogP contribution >= 0.6 is 0 Å². The van der Waals surface area contributed by atoms with E-state index in [0.29, 0.717) is 16.8 Å². The Bertz CT molecular complexity index is 844. The lowest BCUT2D eigenvalue weighted by atomic mass is 10.1. The third-order valence-corrected chi connectivity index (χ3v) is 4.43. The quantitative estimate of drug-likeness (QED) is 0.945. The summed E-state index contributed by atoms with van der Waals surface area (Å²) in [6.45, 7) is 3.40. The largest absolute Gasteiger partial charge is 0.322 e. The molecule has 0 aliphatic heterocycles. The number of hydrogen-bond donors (Lipinski definition) is 1. The van der Waals surface area contributed by atoms with Crippen LogP contribution in [-0.4, -0.2) is 20.6 Å². The second-order valence-corrected chi connectivity index (χ2v) is 7.18. The van der Waals surface area contributed by atoms with Crippen LogP contribution in [0.3, 0.4) is 0 Å². The first-order chi connectivity index (χ1) is 10.2. The summed E-state index contributed by atoms with van der Waals surface area (Å²) >= 11 is 0. The number of amides is 1. The first kappa shape index (κ1) is 16.2. The van der Waals surface area contributed by atoms with Gasteiger partial charge in [-0.05, 0) is 55.3 Å². The summed E-state index contributed by atoms with van der Waals surface area (Å²) in [6.07, 6.45) is 1.09. The zero-order chi connectivity index (χ0) is 16.5. The smallest absolute Gasteiger partial charge is 0.255 e. The summed E-state index contributed by atoms with van der Waals surface area (Å²) in [5, 5.41) is 2.67. The second kappa shape index (κ2) is 5.88. The van der Waals surface area contributed by atoms with E-state index in [1.807, 2.05) is 0 Å². The van der Waals surface area contributed by atoms with E-state index in [0.717, 1.165) is 6.26 Å². The second-order valence-electron chi connectivity index (χ2n) is 5.16. The highest BCUT2D eigenvalue weighted by Gasteiger charge is 2.15. The van der Waals surface area contributed by atoms with E-state index in [-0.39, 0.29) is 16.3 Å². The van der Waals surface area contributed by atoms with Gasteiger partial charge in [0.1, 0.15) is 5.82 Å². The normalized spacial score (nSPS) is 11.3. The lowest BCUT2D eigenvalue weighted by Gasteiger charge is -2.11. The fourth-order valence-corrected chi connectivity index (χ4v) is 2.68. The van der Waals surface area contributed by atoms with Gasteiger partial charge in [-0.25, -0.2) is 12.8 Å². The van der Waals surface area contributed by atoms with E-state index < -0.39 is 15.7 Å². The summed E-state index contributed by atoms with van der Waals surface area (Å²) in [6, 6.07) is 8.43. The summed E-state index contributed by atoms with van der Waals surface area (Å²) in [4.78, 5) is 12.4. The van der Waals surface area contributed by atoms with Crippen LogP contribution in [0.4, 0.5) is 10.1 Å². The number of aryl methyl sites for hydroxylation is 2. The van der Waals surface area contributed by atoms with Crippen LogP contribution in [0, 0.1) is 19.7 Å². The Hall–Kier alpha value is -2.21. The molecule has 0 bridgehead atoms. The first-order valence-electron chi connectivity index (χ1n) is 6.56. The van der Waals surface area contributed by atoms with E-state index >= 15 is 0 Å². The van der Waals surface area contributed by atoms with Gasteiger partial charge < -0.3 is 5.32 Å². The number of halogens is 1. The molecule has 0 spiro atoms. The Morgan fingerprint density at radius 1 is 1.05 bits per heavy atom. The molecule has 0 atom stereocenters. The van der Waals surface area contributed by atoms with Crippen LogP contribution in [-0.2, 0) is 9.84 Å². The molecular formula is C16H16FNO3S. The lowest BCUT2D eigenvalue weighted by molar-refractivity contribution is 0.102. The summed E-state index contributed by atoms with van der Waals surface area (Å²) < 4.78 is 36.3. The molecule has 0 aromatic heterocycles. The number of carbonyl (C=O) groups is 1. The lowest BCUT2D eigenvalue weighted by Crippen LogP contribution is -2.15. The average molecular weight is 321 g/mol. The average Bonchev–Trinajstić information content (AvgIpc) is 2.41. The number of nitrogens with one attached hydrogen (secondary N) is 1. The zero-order valence-electron chi connectivity index (χ0n) is 12.5. The van der Waals surface area contributed by atoms with Gasteiger partial charge in [-0.2, -0.15) is 0 Å². The Labute approximate surface area is 128 Å². The number of anilines is 1. The van der Waals surface area contributed by atoms with Gasteiger partial charge in [0.25, 0.3) is 5.91 Å². The van der Waals surface area contributed by atoms with Gasteiger partial charge in [0.2, 0.25) is 0 Å². The van der Waals surface area contributed by atoms with Gasteiger partial charge in [0.05, 0.1) is 4.90 Å². The Morgan fingerprint density at radius 2 is 1.73 bits per heavy atom. The van der Waals surface area contributed by atoms with Crippen molar-refractivity contribution in [2.24, 2.45) is 0 Å². The molecule has 0 aliphatic carbocycles. The molecule has 116 valence electrons. The van der Waals surface area contributed by atoms with Gasteiger partial charge in [-0.3, -0.25) is 4.79 Å². The van der Waals surface area contributed by atoms with Crippen LogP contribution in [0.25, 0.3) is 0 Å². The minimum Gasteiger partial charge on any atom is -0.322 e. The standard InChI is InChI=1S/C16H16FNO3S/c1-10-4-6-13(22(3,20)21)9-14(10)16(19)18-15-7-5-12(17)8-11(15)2/h4-9H,1-3H3,(H,18,19). The molecule has 0 saturated heterocycles. The molecule has 2 aromatic carbocycles. The molecular weight excluding hydrogens is 305 g/mol. The number of benzene rings is 2. The maximum Gasteiger partial charge on any atom is 0.255 e. The predicted octanol–water partition coefficient (Wildman–Crippen LogP) is 3.10. The van der Waals surface area contributed by atoms with Crippen LogP contribution in [0.2, 0.25) is 0 Å². The number of hydrogen-bond acceptors (Lipinski definition) is 3. The molecule has 2 rings (SSSR count). The summed E-state index contributed by atoms with van der Waals surface area (Å²) in [5.74, 6) is -0.816. The highest BCUT2D eigenvalue weighted by atomic mass is 32.2. The van der Waals surface area contributed by atoms with E-state index in [1.165, 1.54) is 30.3 Å². The Morgan fingerprint density at radius 3 is 2.32 bits per heavy atom. The van der Waals surface area contributed by atoms with Gasteiger partial charge in [-0.1, -0.05) is 6.07 Å². The number of rotatable bonds is 3. The van der Waals surface area contributed by atoms with Crippen LogP contribution in [0.1, 0.15) is 21.5 Å². The zero-order valence-corrected chi connectivity index (χ0v) is 13.3. The first-order valence-corrected chi connectivity index (χ1v) is 8.46. The van der Waals surface area contributed by atoms with E-state index in [2.05, 4.69) is 5.32 Å². The number of carbonyl (C=O) groups excluding carboxylic acids is 1. The molecule has 2 aromatic rings. The van der Waals surface area contributed by atoms with Crippen molar-refractivity contribution in [2.45, 2.75) is 18.7 Å². The molecule has 0 fully saturated rings. The molecule has 4 nitrogen and oxygen atoms in total. The molecule has 6 heteroatoms. The van der Waals surface area contributed by atoms with Crippen LogP contribution < -0.4 is 5.32 Å². The molecule has 0 heterocycles. The molecule has 22 heavy (non-hydrogen) atoms. The van der Waals surface area contributed by atoms with Crippen molar-refractivity contribution >= 4 is 21.4 Å². The third-order valence-electron chi connectivity index (χ3n) is 3.32. The topological polar surface area (TPSA) is 63.2 Å². The summed E-state index contributed by atoms with van der Waals surface area (Å²) in [7, 11) is -3.39. The molecule has 0 saturated carbocycles. The van der Waals surface area contributed by atoms with Crippen molar-refractivity contribution in [3.63, 3.8) is 0 Å². The maximum atomic E-state index is 13.1. The molecule has 1 N–H and O–H groups in total. The highest BCUT2D eigenvalue weighted by molar-refractivity contribution is 7.90. The SMILES string of the molecule is Cc1cc(F)ccc1NC(=O)c1cc(S(C)(=O)=O)ccc1C. The summed E-state index contributed by atoms with van der Waals surface area (Å²) in [5.41, 5.74) is 2.00. The maximum absolute atomic E-state index is 13.1. The Kier molecular flexibility index (Phi) is 4.32. The van der Waals surface area contributed by atoms with Gasteiger partial charge in [0, 0.05) is 17.5 Å². The molecule has 0 radical (unpaired) electrons. The van der Waals surface area contributed by atoms with Crippen molar-refractivity contribution in [1.29, 1.82) is 0 Å². The van der Waals surface area contributed by atoms with Crippen molar-refractivity contribution < 1.29 is 17.6 Å². The predicted molar refractivity (Wildman–Crippen MR) is 83.4 cm³/mol. The minimum atomic E-state index is -3.39. The van der Waals surface area contributed by atoms with Gasteiger partial charge in [-0.15, -0.1) is 0 Å². The minimum absolute atomic E-state index is 0.0825. The monoisotopic (exact) mass is 321 g/mol. The van der Waals surface area contributed by atoms with Gasteiger partial charge in [0.15, 0.2) is 9.84 Å². The van der Waals surface area contributed by atoms with Crippen LogP contribution in [0.5, 0.6) is 0 Å². The number of sulfone groups is 1. The van der Waals surface area contributed by atoms with Crippen molar-refractivity contribution in [3.8, 4) is 0 Å². The van der Waals surface area contributed by atoms with E-state index in [9.17, 15) is 17.6 Å². The fourth-order valence-electron chi connectivity index (χ4n) is 2.03. The van der Waals surface area contributed by atoms with Crippen LogP contribution in [0.15, 0.2) is 41.3 Å². The van der Waals surface area contributed by atoms with Crippen molar-refractivity contribution in [1.82, 2.24) is 0 Å². The molecule has 0 unspecified atom stereocenters. The third kappa shape index (κ3) is 3.51.